The monoisotopic (exact) mass is 311 g/mol. The number of aromatic amines is 1. The number of benzene rings is 1. The molecule has 6 nitrogen and oxygen atoms in total. The molecule has 0 aliphatic rings. The zero-order valence-corrected chi connectivity index (χ0v) is 11.8. The van der Waals surface area contributed by atoms with E-state index in [0.717, 1.165) is 0 Å². The Labute approximate surface area is 124 Å². The van der Waals surface area contributed by atoms with Crippen LogP contribution in [0.1, 0.15) is 0 Å². The van der Waals surface area contributed by atoms with Gasteiger partial charge in [-0.15, -0.1) is 6.58 Å². The molecule has 20 heavy (non-hydrogen) atoms. The standard InChI is InChI=1S/C12H11Cl2N5O/c1-2-5-15-19-11-16-10(17-12(20)18-11)7-3-4-8(13)9(14)6-7/h2-4,6,15H,1,5H2,(H2,16,17,18,19,20). The Morgan fingerprint density at radius 3 is 2.80 bits per heavy atom. The molecule has 1 aromatic carbocycles. The highest BCUT2D eigenvalue weighted by molar-refractivity contribution is 6.42. The van der Waals surface area contributed by atoms with Crippen LogP contribution in [0.4, 0.5) is 5.95 Å². The van der Waals surface area contributed by atoms with Crippen LogP contribution < -0.4 is 16.5 Å². The van der Waals surface area contributed by atoms with Crippen LogP contribution >= 0.6 is 23.2 Å². The van der Waals surface area contributed by atoms with E-state index >= 15 is 0 Å². The molecule has 1 aromatic heterocycles. The van der Waals surface area contributed by atoms with E-state index in [0.29, 0.717) is 28.0 Å². The predicted octanol–water partition coefficient (Wildman–Crippen LogP) is 2.24. The van der Waals surface area contributed by atoms with Crippen LogP contribution in [0.2, 0.25) is 10.0 Å². The Morgan fingerprint density at radius 2 is 2.10 bits per heavy atom. The normalized spacial score (nSPS) is 10.3. The number of hydrazine groups is 1. The van der Waals surface area contributed by atoms with Crippen LogP contribution in [0, 0.1) is 0 Å². The van der Waals surface area contributed by atoms with Gasteiger partial charge in [0.1, 0.15) is 5.82 Å². The third kappa shape index (κ3) is 3.57. The van der Waals surface area contributed by atoms with Gasteiger partial charge in [-0.3, -0.25) is 10.4 Å². The highest BCUT2D eigenvalue weighted by Crippen LogP contribution is 2.26. The number of anilines is 1. The minimum atomic E-state index is -0.524. The maximum atomic E-state index is 11.5. The van der Waals surface area contributed by atoms with Gasteiger partial charge in [0.15, 0.2) is 0 Å². The second kappa shape index (κ2) is 6.51. The topological polar surface area (TPSA) is 82.7 Å². The summed E-state index contributed by atoms with van der Waals surface area (Å²) >= 11 is 11.8. The lowest BCUT2D eigenvalue weighted by Gasteiger charge is -2.06. The fraction of sp³-hybridized carbons (Fsp3) is 0.0833. The van der Waals surface area contributed by atoms with Crippen molar-refractivity contribution in [3.05, 3.63) is 51.4 Å². The fourth-order valence-corrected chi connectivity index (χ4v) is 1.72. The molecule has 0 amide bonds. The average Bonchev–Trinajstić information content (AvgIpc) is 2.41. The lowest BCUT2D eigenvalue weighted by molar-refractivity contribution is 0.854. The molecule has 0 saturated carbocycles. The van der Waals surface area contributed by atoms with Gasteiger partial charge in [0, 0.05) is 12.1 Å². The fourth-order valence-electron chi connectivity index (χ4n) is 1.42. The summed E-state index contributed by atoms with van der Waals surface area (Å²) in [5, 5.41) is 0.806. The molecule has 2 aromatic rings. The highest BCUT2D eigenvalue weighted by Gasteiger charge is 2.07. The third-order valence-electron chi connectivity index (χ3n) is 2.29. The van der Waals surface area contributed by atoms with Crippen molar-refractivity contribution in [3.63, 3.8) is 0 Å². The minimum Gasteiger partial charge on any atom is -0.290 e. The molecule has 0 spiro atoms. The first-order valence-corrected chi connectivity index (χ1v) is 6.39. The number of nitrogens with one attached hydrogen (secondary N) is 3. The summed E-state index contributed by atoms with van der Waals surface area (Å²) in [6.07, 6.45) is 1.65. The van der Waals surface area contributed by atoms with Gasteiger partial charge in [-0.1, -0.05) is 29.3 Å². The summed E-state index contributed by atoms with van der Waals surface area (Å²) in [6, 6.07) is 4.94. The van der Waals surface area contributed by atoms with Crippen LogP contribution in [0.15, 0.2) is 35.6 Å². The van der Waals surface area contributed by atoms with Gasteiger partial charge in [0.25, 0.3) is 0 Å². The van der Waals surface area contributed by atoms with Crippen molar-refractivity contribution < 1.29 is 0 Å². The van der Waals surface area contributed by atoms with Gasteiger partial charge in [-0.25, -0.2) is 10.2 Å². The Morgan fingerprint density at radius 1 is 1.30 bits per heavy atom. The zero-order valence-electron chi connectivity index (χ0n) is 10.3. The SMILES string of the molecule is C=CCNNc1nc(-c2ccc(Cl)c(Cl)c2)[nH]c(=O)n1. The van der Waals surface area contributed by atoms with Crippen LogP contribution in [-0.2, 0) is 0 Å². The zero-order chi connectivity index (χ0) is 14.5. The van der Waals surface area contributed by atoms with Crippen molar-refractivity contribution in [1.29, 1.82) is 0 Å². The van der Waals surface area contributed by atoms with E-state index in [4.69, 9.17) is 23.2 Å². The minimum absolute atomic E-state index is 0.150. The van der Waals surface area contributed by atoms with E-state index in [2.05, 4.69) is 32.4 Å². The number of H-pyrrole nitrogens is 1. The Bertz CT molecular complexity index is 686. The van der Waals surface area contributed by atoms with Crippen LogP contribution in [0.25, 0.3) is 11.4 Å². The second-order valence-electron chi connectivity index (χ2n) is 3.75. The van der Waals surface area contributed by atoms with Gasteiger partial charge in [0.05, 0.1) is 10.0 Å². The van der Waals surface area contributed by atoms with E-state index in [-0.39, 0.29) is 5.95 Å². The van der Waals surface area contributed by atoms with E-state index in [1.54, 1.807) is 24.3 Å². The summed E-state index contributed by atoms with van der Waals surface area (Å²) in [5.74, 6) is 0.489. The molecule has 0 atom stereocenters. The van der Waals surface area contributed by atoms with Crippen LogP contribution in [-0.4, -0.2) is 21.5 Å². The summed E-state index contributed by atoms with van der Waals surface area (Å²) < 4.78 is 0. The lowest BCUT2D eigenvalue weighted by atomic mass is 10.2. The van der Waals surface area contributed by atoms with Crippen molar-refractivity contribution in [2.45, 2.75) is 0 Å². The van der Waals surface area contributed by atoms with E-state index in [9.17, 15) is 4.79 Å². The quantitative estimate of drug-likeness (QED) is 0.448. The lowest BCUT2D eigenvalue weighted by Crippen LogP contribution is -2.26. The molecule has 8 heteroatoms. The molecule has 0 saturated heterocycles. The molecule has 0 aliphatic heterocycles. The molecule has 0 bridgehead atoms. The summed E-state index contributed by atoms with van der Waals surface area (Å²) in [4.78, 5) is 21.9. The molecule has 1 heterocycles. The molecule has 0 fully saturated rings. The molecule has 0 unspecified atom stereocenters. The molecular formula is C12H11Cl2N5O. The van der Waals surface area contributed by atoms with Crippen LogP contribution in [0.5, 0.6) is 0 Å². The molecule has 0 radical (unpaired) electrons. The van der Waals surface area contributed by atoms with Crippen molar-refractivity contribution in [2.75, 3.05) is 12.0 Å². The maximum absolute atomic E-state index is 11.5. The number of hydrogen-bond acceptors (Lipinski definition) is 5. The molecule has 3 N–H and O–H groups in total. The maximum Gasteiger partial charge on any atom is 0.349 e. The van der Waals surface area contributed by atoms with Gasteiger partial charge >= 0.3 is 5.69 Å². The van der Waals surface area contributed by atoms with Crippen molar-refractivity contribution >= 4 is 29.2 Å². The predicted molar refractivity (Wildman–Crippen MR) is 79.9 cm³/mol. The van der Waals surface area contributed by atoms with Crippen molar-refractivity contribution in [1.82, 2.24) is 20.4 Å². The van der Waals surface area contributed by atoms with Crippen molar-refractivity contribution in [2.24, 2.45) is 0 Å². The summed E-state index contributed by atoms with van der Waals surface area (Å²) in [7, 11) is 0. The first kappa shape index (κ1) is 14.5. The average molecular weight is 312 g/mol. The number of halogens is 2. The number of hydrogen-bond donors (Lipinski definition) is 3. The first-order chi connectivity index (χ1) is 9.60. The Hall–Kier alpha value is -1.89. The second-order valence-corrected chi connectivity index (χ2v) is 4.56. The van der Waals surface area contributed by atoms with E-state index < -0.39 is 5.69 Å². The molecule has 0 aliphatic carbocycles. The third-order valence-corrected chi connectivity index (χ3v) is 3.03. The molecular weight excluding hydrogens is 301 g/mol. The molecule has 2 rings (SSSR count). The van der Waals surface area contributed by atoms with Gasteiger partial charge in [0.2, 0.25) is 5.95 Å². The Kier molecular flexibility index (Phi) is 4.73. The highest BCUT2D eigenvalue weighted by atomic mass is 35.5. The van der Waals surface area contributed by atoms with Gasteiger partial charge in [-0.05, 0) is 18.2 Å². The molecule has 104 valence electrons. The van der Waals surface area contributed by atoms with Crippen LogP contribution in [0.3, 0.4) is 0 Å². The number of aromatic nitrogens is 3. The smallest absolute Gasteiger partial charge is 0.290 e. The Balaban J connectivity index is 2.33. The van der Waals surface area contributed by atoms with E-state index in [1.807, 2.05) is 0 Å². The number of rotatable bonds is 5. The van der Waals surface area contributed by atoms with Gasteiger partial charge in [-0.2, -0.15) is 9.97 Å². The number of nitrogens with zero attached hydrogens (tertiary/aromatic N) is 2. The first-order valence-electron chi connectivity index (χ1n) is 5.63. The van der Waals surface area contributed by atoms with E-state index in [1.165, 1.54) is 0 Å². The summed E-state index contributed by atoms with van der Waals surface area (Å²) in [5.41, 5.74) is 5.59. The largest absolute Gasteiger partial charge is 0.349 e. The van der Waals surface area contributed by atoms with Gasteiger partial charge < -0.3 is 0 Å². The van der Waals surface area contributed by atoms with Crippen molar-refractivity contribution in [3.8, 4) is 11.4 Å². The summed E-state index contributed by atoms with van der Waals surface area (Å²) in [6.45, 7) is 4.05.